The minimum atomic E-state index is -0.301. The van der Waals surface area contributed by atoms with Crippen molar-refractivity contribution in [2.24, 2.45) is 0 Å². The summed E-state index contributed by atoms with van der Waals surface area (Å²) in [7, 11) is 0. The van der Waals surface area contributed by atoms with Gasteiger partial charge in [0.25, 0.3) is 0 Å². The highest BCUT2D eigenvalue weighted by molar-refractivity contribution is 5.78. The van der Waals surface area contributed by atoms with Crippen molar-refractivity contribution in [2.45, 2.75) is 51.4 Å². The highest BCUT2D eigenvalue weighted by Gasteiger charge is 2.36. The Kier molecular flexibility index (Phi) is 6.81. The molecular formula is C27H32FN5O2. The number of piperidine rings is 1. The first-order chi connectivity index (χ1) is 17.0. The number of carbonyl (C=O) groups is 1. The van der Waals surface area contributed by atoms with Crippen LogP contribution in [0.3, 0.4) is 0 Å². The van der Waals surface area contributed by atoms with Gasteiger partial charge in [0.15, 0.2) is 0 Å². The maximum absolute atomic E-state index is 13.5. The fraction of sp³-hybridized carbons (Fsp3) is 0.444. The van der Waals surface area contributed by atoms with Gasteiger partial charge in [0.05, 0.1) is 17.6 Å². The number of likely N-dealkylation sites (tertiary alicyclic amines) is 1. The topological polar surface area (TPSA) is 61.8 Å². The van der Waals surface area contributed by atoms with E-state index >= 15 is 0 Å². The molecule has 5 rings (SSSR count). The molecule has 2 aliphatic heterocycles. The van der Waals surface area contributed by atoms with E-state index in [0.29, 0.717) is 29.9 Å². The number of hydrogen-bond donors (Lipinski definition) is 0. The number of nitrogens with zero attached hydrogens (tertiary/aromatic N) is 5. The van der Waals surface area contributed by atoms with Crippen LogP contribution in [0.1, 0.15) is 32.3 Å². The van der Waals surface area contributed by atoms with E-state index in [1.54, 1.807) is 12.3 Å². The number of halogens is 1. The number of ether oxygens (including phenoxy) is 1. The average molecular weight is 478 g/mol. The molecule has 1 amide bonds. The van der Waals surface area contributed by atoms with Crippen LogP contribution in [-0.2, 0) is 11.3 Å². The Labute approximate surface area is 205 Å². The Morgan fingerprint density at radius 2 is 1.77 bits per heavy atom. The quantitative estimate of drug-likeness (QED) is 0.553. The van der Waals surface area contributed by atoms with Gasteiger partial charge in [-0.2, -0.15) is 0 Å². The zero-order chi connectivity index (χ0) is 24.4. The standard InChI is InChI=1S/C27H32FN5O2/c1-19-16-32(26-29-15-22-14-23(28)8-9-25(22)30-26)17-20(2)33(19)27(34)35-24-10-12-31(13-11-24)18-21-6-4-3-5-7-21/h3-9,14-15,19-20,24H,10-13,16-18H2,1-2H3/t19-,20+. The molecule has 3 aromatic rings. The number of carbonyl (C=O) groups excluding carboxylic acids is 1. The van der Waals surface area contributed by atoms with Crippen LogP contribution >= 0.6 is 0 Å². The molecule has 0 spiro atoms. The number of fused-ring (bicyclic) bond motifs is 1. The Hall–Kier alpha value is -3.26. The molecule has 2 saturated heterocycles. The molecule has 2 aliphatic rings. The van der Waals surface area contributed by atoms with Crippen molar-refractivity contribution in [2.75, 3.05) is 31.1 Å². The summed E-state index contributed by atoms with van der Waals surface area (Å²) in [5, 5.41) is 0.673. The number of aromatic nitrogens is 2. The van der Waals surface area contributed by atoms with Gasteiger partial charge < -0.3 is 9.64 Å². The van der Waals surface area contributed by atoms with E-state index in [4.69, 9.17) is 4.74 Å². The molecule has 2 aromatic carbocycles. The monoisotopic (exact) mass is 477 g/mol. The molecule has 0 bridgehead atoms. The maximum atomic E-state index is 13.5. The molecule has 184 valence electrons. The molecule has 0 saturated carbocycles. The highest BCUT2D eigenvalue weighted by atomic mass is 19.1. The summed E-state index contributed by atoms with van der Waals surface area (Å²) in [4.78, 5) is 28.5. The second-order valence-corrected chi connectivity index (χ2v) is 9.73. The third-order valence-corrected chi connectivity index (χ3v) is 6.99. The van der Waals surface area contributed by atoms with Gasteiger partial charge in [-0.05, 0) is 50.5 Å². The first-order valence-corrected chi connectivity index (χ1v) is 12.4. The molecule has 2 atom stereocenters. The molecule has 0 N–H and O–H groups in total. The van der Waals surface area contributed by atoms with Gasteiger partial charge in [0.1, 0.15) is 11.9 Å². The molecule has 35 heavy (non-hydrogen) atoms. The van der Waals surface area contributed by atoms with E-state index in [1.807, 2.05) is 24.8 Å². The number of amides is 1. The van der Waals surface area contributed by atoms with Crippen LogP contribution in [0.15, 0.2) is 54.7 Å². The van der Waals surface area contributed by atoms with Crippen LogP contribution in [-0.4, -0.2) is 70.2 Å². The normalized spacial score (nSPS) is 21.9. The van der Waals surface area contributed by atoms with Gasteiger partial charge in [-0.1, -0.05) is 30.3 Å². The summed E-state index contributed by atoms with van der Waals surface area (Å²) < 4.78 is 19.4. The zero-order valence-electron chi connectivity index (χ0n) is 20.3. The molecule has 2 fully saturated rings. The Morgan fingerprint density at radius 1 is 1.06 bits per heavy atom. The average Bonchev–Trinajstić information content (AvgIpc) is 2.85. The summed E-state index contributed by atoms with van der Waals surface area (Å²) in [5.74, 6) is 0.298. The molecule has 3 heterocycles. The molecule has 0 radical (unpaired) electrons. The van der Waals surface area contributed by atoms with E-state index in [-0.39, 0.29) is 30.1 Å². The van der Waals surface area contributed by atoms with Crippen LogP contribution < -0.4 is 4.90 Å². The first kappa shape index (κ1) is 23.5. The van der Waals surface area contributed by atoms with Crippen LogP contribution in [0.2, 0.25) is 0 Å². The van der Waals surface area contributed by atoms with Gasteiger partial charge >= 0.3 is 6.09 Å². The summed E-state index contributed by atoms with van der Waals surface area (Å²) in [6, 6.07) is 14.9. The lowest BCUT2D eigenvalue weighted by Crippen LogP contribution is -2.59. The van der Waals surface area contributed by atoms with Crippen LogP contribution in [0.25, 0.3) is 10.9 Å². The van der Waals surface area contributed by atoms with Crippen molar-refractivity contribution < 1.29 is 13.9 Å². The Morgan fingerprint density at radius 3 is 2.49 bits per heavy atom. The zero-order valence-corrected chi connectivity index (χ0v) is 20.3. The predicted octanol–water partition coefficient (Wildman–Crippen LogP) is 4.47. The van der Waals surface area contributed by atoms with Crippen molar-refractivity contribution in [1.29, 1.82) is 0 Å². The van der Waals surface area contributed by atoms with Gasteiger partial charge in [0, 0.05) is 44.3 Å². The van der Waals surface area contributed by atoms with Crippen molar-refractivity contribution >= 4 is 22.9 Å². The first-order valence-electron chi connectivity index (χ1n) is 12.4. The highest BCUT2D eigenvalue weighted by Crippen LogP contribution is 2.24. The van der Waals surface area contributed by atoms with Gasteiger partial charge in [-0.15, -0.1) is 0 Å². The van der Waals surface area contributed by atoms with E-state index in [0.717, 1.165) is 32.5 Å². The minimum Gasteiger partial charge on any atom is -0.446 e. The van der Waals surface area contributed by atoms with Gasteiger partial charge in [0.2, 0.25) is 5.95 Å². The van der Waals surface area contributed by atoms with E-state index in [1.165, 1.54) is 17.7 Å². The van der Waals surface area contributed by atoms with Crippen molar-refractivity contribution in [3.63, 3.8) is 0 Å². The van der Waals surface area contributed by atoms with Crippen LogP contribution in [0.4, 0.5) is 15.1 Å². The summed E-state index contributed by atoms with van der Waals surface area (Å²) in [5.41, 5.74) is 2.02. The molecule has 0 aliphatic carbocycles. The third kappa shape index (κ3) is 5.37. The van der Waals surface area contributed by atoms with E-state index < -0.39 is 0 Å². The number of benzene rings is 2. The fourth-order valence-electron chi connectivity index (χ4n) is 5.22. The maximum Gasteiger partial charge on any atom is 0.410 e. The van der Waals surface area contributed by atoms with Gasteiger partial charge in [-0.25, -0.2) is 19.2 Å². The molecule has 0 unspecified atom stereocenters. The summed E-state index contributed by atoms with van der Waals surface area (Å²) in [6.45, 7) is 8.07. The van der Waals surface area contributed by atoms with Crippen molar-refractivity contribution in [3.05, 3.63) is 66.1 Å². The number of hydrogen-bond acceptors (Lipinski definition) is 6. The summed E-state index contributed by atoms with van der Waals surface area (Å²) in [6.07, 6.45) is 3.08. The lowest BCUT2D eigenvalue weighted by molar-refractivity contribution is 0.00996. The minimum absolute atomic E-state index is 0.0445. The fourth-order valence-corrected chi connectivity index (χ4v) is 5.22. The summed E-state index contributed by atoms with van der Waals surface area (Å²) >= 11 is 0. The predicted molar refractivity (Wildman–Crippen MR) is 134 cm³/mol. The molecule has 1 aromatic heterocycles. The van der Waals surface area contributed by atoms with Crippen molar-refractivity contribution in [1.82, 2.24) is 19.8 Å². The Bertz CT molecular complexity index is 1160. The molecule has 7 nitrogen and oxygen atoms in total. The van der Waals surface area contributed by atoms with E-state index in [9.17, 15) is 9.18 Å². The Balaban J connectivity index is 1.15. The number of rotatable bonds is 4. The van der Waals surface area contributed by atoms with Crippen LogP contribution in [0, 0.1) is 5.82 Å². The van der Waals surface area contributed by atoms with Crippen molar-refractivity contribution in [3.8, 4) is 0 Å². The smallest absolute Gasteiger partial charge is 0.410 e. The molecule has 8 heteroatoms. The lowest BCUT2D eigenvalue weighted by Gasteiger charge is -2.44. The van der Waals surface area contributed by atoms with Crippen LogP contribution in [0.5, 0.6) is 0 Å². The lowest BCUT2D eigenvalue weighted by atomic mass is 10.1. The largest absolute Gasteiger partial charge is 0.446 e. The SMILES string of the molecule is C[C@@H]1CN(c2ncc3cc(F)ccc3n2)C[C@H](C)N1C(=O)OC1CCN(Cc2ccccc2)CC1. The number of anilines is 1. The van der Waals surface area contributed by atoms with E-state index in [2.05, 4.69) is 44.0 Å². The molecular weight excluding hydrogens is 445 g/mol. The second kappa shape index (κ2) is 10.2. The number of piperazine rings is 1. The second-order valence-electron chi connectivity index (χ2n) is 9.73. The third-order valence-electron chi connectivity index (χ3n) is 6.99. The van der Waals surface area contributed by atoms with Gasteiger partial charge in [-0.3, -0.25) is 9.80 Å².